The summed E-state index contributed by atoms with van der Waals surface area (Å²) in [6.45, 7) is 11.5. The zero-order chi connectivity index (χ0) is 25.5. The van der Waals surface area contributed by atoms with Gasteiger partial charge in [-0.05, 0) is 48.4 Å². The van der Waals surface area contributed by atoms with Gasteiger partial charge in [0.15, 0.2) is 0 Å². The molecule has 3 heterocycles. The fourth-order valence-corrected chi connectivity index (χ4v) is 4.84. The first kappa shape index (κ1) is 26.2. The fourth-order valence-electron chi connectivity index (χ4n) is 4.09. The number of anilines is 2. The highest BCUT2D eigenvalue weighted by Gasteiger charge is 2.16. The van der Waals surface area contributed by atoms with E-state index in [2.05, 4.69) is 53.1 Å². The van der Waals surface area contributed by atoms with Gasteiger partial charge in [0.25, 0.3) is 0 Å². The minimum absolute atomic E-state index is 0.371. The van der Waals surface area contributed by atoms with Crippen LogP contribution in [-0.4, -0.2) is 70.8 Å². The molecule has 1 aromatic carbocycles. The summed E-state index contributed by atoms with van der Waals surface area (Å²) in [4.78, 5) is 9.02. The summed E-state index contributed by atoms with van der Waals surface area (Å²) in [6, 6.07) is 13.3. The molecule has 0 amide bonds. The van der Waals surface area contributed by atoms with Crippen LogP contribution in [-0.2, 0) is 16.2 Å². The highest BCUT2D eigenvalue weighted by atomic mass is 28.3. The summed E-state index contributed by atoms with van der Waals surface area (Å²) in [7, 11) is 0.719. The lowest BCUT2D eigenvalue weighted by molar-refractivity contribution is 0.0894. The van der Waals surface area contributed by atoms with E-state index in [0.29, 0.717) is 13.3 Å². The van der Waals surface area contributed by atoms with Gasteiger partial charge in [-0.25, -0.2) is 9.37 Å². The third-order valence-electron chi connectivity index (χ3n) is 6.38. The van der Waals surface area contributed by atoms with Crippen molar-refractivity contribution in [3.05, 3.63) is 53.9 Å². The van der Waals surface area contributed by atoms with Gasteiger partial charge >= 0.3 is 0 Å². The van der Waals surface area contributed by atoms with Crippen LogP contribution >= 0.6 is 0 Å². The average molecular weight is 509 g/mol. The van der Waals surface area contributed by atoms with Gasteiger partial charge < -0.3 is 19.3 Å². The lowest BCUT2D eigenvalue weighted by Gasteiger charge is -2.28. The van der Waals surface area contributed by atoms with E-state index in [1.54, 1.807) is 0 Å². The Balaban J connectivity index is 1.59. The Morgan fingerprint density at radius 1 is 1.11 bits per heavy atom. The smallest absolute Gasteiger partial charge is 0.142 e. The normalized spacial score (nSPS) is 14.1. The Labute approximate surface area is 215 Å². The van der Waals surface area contributed by atoms with Gasteiger partial charge in [0.1, 0.15) is 19.1 Å². The minimum atomic E-state index is -1.17. The summed E-state index contributed by atoms with van der Waals surface area (Å²) in [6.07, 6.45) is 1.94. The number of hydrogen-bond acceptors (Lipinski definition) is 5. The van der Waals surface area contributed by atoms with Crippen molar-refractivity contribution in [3.8, 4) is 11.8 Å². The zero-order valence-corrected chi connectivity index (χ0v) is 22.9. The van der Waals surface area contributed by atoms with Gasteiger partial charge in [-0.3, -0.25) is 4.57 Å². The first-order valence-corrected chi connectivity index (χ1v) is 16.3. The molecule has 6 nitrogen and oxygen atoms in total. The number of hydrogen-bond donors (Lipinski definition) is 0. The molecule has 36 heavy (non-hydrogen) atoms. The maximum Gasteiger partial charge on any atom is 0.142 e. The Morgan fingerprint density at radius 3 is 2.56 bits per heavy atom. The van der Waals surface area contributed by atoms with E-state index >= 15 is 0 Å². The number of nitrogens with zero attached hydrogens (tertiary/aromatic N) is 4. The Morgan fingerprint density at radius 2 is 1.86 bits per heavy atom. The summed E-state index contributed by atoms with van der Waals surface area (Å²) >= 11 is 0. The fraction of sp³-hybridized carbons (Fsp3) is 0.464. The molecule has 4 rings (SSSR count). The van der Waals surface area contributed by atoms with E-state index in [-0.39, 0.29) is 6.67 Å². The van der Waals surface area contributed by atoms with Gasteiger partial charge in [0.05, 0.1) is 30.8 Å². The van der Waals surface area contributed by atoms with E-state index in [4.69, 9.17) is 14.5 Å². The average Bonchev–Trinajstić information content (AvgIpc) is 3.22. The van der Waals surface area contributed by atoms with Crippen LogP contribution in [0, 0.1) is 11.8 Å². The van der Waals surface area contributed by atoms with Gasteiger partial charge in [-0.2, -0.15) is 0 Å². The molecule has 0 unspecified atom stereocenters. The van der Waals surface area contributed by atoms with E-state index < -0.39 is 8.07 Å². The highest BCUT2D eigenvalue weighted by molar-refractivity contribution is 6.76. The van der Waals surface area contributed by atoms with E-state index in [1.165, 1.54) is 0 Å². The van der Waals surface area contributed by atoms with Gasteiger partial charge in [-0.15, -0.1) is 0 Å². The number of fused-ring (bicyclic) bond motifs is 1. The molecule has 2 aromatic heterocycles. The van der Waals surface area contributed by atoms with Crippen LogP contribution in [0.4, 0.5) is 15.8 Å². The summed E-state index contributed by atoms with van der Waals surface area (Å²) in [5, 5.41) is 1.06. The summed E-state index contributed by atoms with van der Waals surface area (Å²) < 4.78 is 26.3. The molecule has 0 aliphatic carbocycles. The van der Waals surface area contributed by atoms with Crippen molar-refractivity contribution in [2.45, 2.75) is 32.4 Å². The molecule has 3 aromatic rings. The largest absolute Gasteiger partial charge is 0.378 e. The van der Waals surface area contributed by atoms with Gasteiger partial charge in [0.2, 0.25) is 0 Å². The quantitative estimate of drug-likeness (QED) is 0.231. The predicted octanol–water partition coefficient (Wildman–Crippen LogP) is 4.99. The number of ether oxygens (including phenoxy) is 2. The Kier molecular flexibility index (Phi) is 8.67. The molecule has 0 radical (unpaired) electrons. The standard InChI is InChI=1S/C28H37FN4O2Si/c1-31(12-11-29)25-8-5-23(6-9-25)7-10-26-19-24-20-27(32-13-15-34-16-14-32)21-30-28(24)33(26)22-35-17-18-36(2,3)4/h5-6,8-9,19-21H,11-18,22H2,1-4H3. The number of alkyl halides is 1. The molecular weight excluding hydrogens is 471 g/mol. The molecule has 1 fully saturated rings. The van der Waals surface area contributed by atoms with Crippen molar-refractivity contribution in [1.82, 2.24) is 9.55 Å². The van der Waals surface area contributed by atoms with Crippen LogP contribution in [0.25, 0.3) is 11.0 Å². The van der Waals surface area contributed by atoms with Gasteiger partial charge in [0, 0.05) is 58.0 Å². The van der Waals surface area contributed by atoms with Crippen LogP contribution in [0.3, 0.4) is 0 Å². The molecule has 192 valence electrons. The molecule has 0 bridgehead atoms. The molecule has 1 saturated heterocycles. The Hall–Kier alpha value is -2.86. The lowest BCUT2D eigenvalue weighted by Crippen LogP contribution is -2.36. The highest BCUT2D eigenvalue weighted by Crippen LogP contribution is 2.24. The maximum absolute atomic E-state index is 12.7. The Bertz CT molecular complexity index is 1200. The first-order valence-electron chi connectivity index (χ1n) is 12.6. The minimum Gasteiger partial charge on any atom is -0.378 e. The molecule has 1 aliphatic rings. The van der Waals surface area contributed by atoms with Crippen molar-refractivity contribution in [2.75, 3.05) is 63.0 Å². The van der Waals surface area contributed by atoms with Crippen LogP contribution in [0.15, 0.2) is 42.6 Å². The second-order valence-electron chi connectivity index (χ2n) is 10.4. The number of pyridine rings is 1. The summed E-state index contributed by atoms with van der Waals surface area (Å²) in [5.74, 6) is 6.63. The first-order chi connectivity index (χ1) is 17.3. The SMILES string of the molecule is CN(CCF)c1ccc(C#Cc2cc3cc(N4CCOCC4)cnc3n2COCC[Si](C)(C)C)cc1. The molecule has 0 saturated carbocycles. The second-order valence-corrected chi connectivity index (χ2v) is 16.0. The van der Waals surface area contributed by atoms with Crippen LogP contribution in [0.1, 0.15) is 11.3 Å². The summed E-state index contributed by atoms with van der Waals surface area (Å²) in [5.41, 5.74) is 4.75. The predicted molar refractivity (Wildman–Crippen MR) is 149 cm³/mol. The van der Waals surface area contributed by atoms with Crippen LogP contribution in [0.2, 0.25) is 25.7 Å². The topological polar surface area (TPSA) is 42.8 Å². The lowest BCUT2D eigenvalue weighted by atomic mass is 10.2. The third-order valence-corrected chi connectivity index (χ3v) is 8.08. The molecule has 8 heteroatoms. The number of benzene rings is 1. The van der Waals surface area contributed by atoms with Crippen molar-refractivity contribution < 1.29 is 13.9 Å². The molecule has 0 N–H and O–H groups in total. The molecule has 0 atom stereocenters. The third kappa shape index (κ3) is 6.87. The number of aromatic nitrogens is 2. The second kappa shape index (κ2) is 11.9. The van der Waals surface area contributed by atoms with Crippen molar-refractivity contribution >= 4 is 30.5 Å². The molecular formula is C28H37FN4O2Si. The number of morpholine rings is 1. The molecule has 0 spiro atoms. The monoisotopic (exact) mass is 508 g/mol. The number of rotatable bonds is 9. The maximum atomic E-state index is 12.7. The van der Waals surface area contributed by atoms with E-state index in [1.807, 2.05) is 42.4 Å². The van der Waals surface area contributed by atoms with Crippen LogP contribution in [0.5, 0.6) is 0 Å². The van der Waals surface area contributed by atoms with E-state index in [9.17, 15) is 4.39 Å². The van der Waals surface area contributed by atoms with Crippen LogP contribution < -0.4 is 9.80 Å². The van der Waals surface area contributed by atoms with E-state index in [0.717, 1.165) is 72.6 Å². The van der Waals surface area contributed by atoms with Crippen molar-refractivity contribution in [3.63, 3.8) is 0 Å². The zero-order valence-electron chi connectivity index (χ0n) is 21.9. The van der Waals surface area contributed by atoms with Crippen molar-refractivity contribution in [1.29, 1.82) is 0 Å². The van der Waals surface area contributed by atoms with Crippen molar-refractivity contribution in [2.24, 2.45) is 0 Å². The number of halogens is 1. The van der Waals surface area contributed by atoms with Gasteiger partial charge in [-0.1, -0.05) is 25.6 Å². The molecule has 1 aliphatic heterocycles.